The molecule has 1 aliphatic rings. The fraction of sp³-hybridized carbons (Fsp3) is 0.0323. The first-order valence-electron chi connectivity index (χ1n) is 11.8. The molecule has 3 aromatic heterocycles. The Hall–Kier alpha value is -4.90. The van der Waals surface area contributed by atoms with Crippen LogP contribution in [-0.4, -0.2) is 14.8 Å². The summed E-state index contributed by atoms with van der Waals surface area (Å²) >= 11 is 0. The Bertz CT molecular complexity index is 1620. The Morgan fingerprint density at radius 1 is 0.722 bits per heavy atom. The smallest absolute Gasteiger partial charge is 0.292 e. The summed E-state index contributed by atoms with van der Waals surface area (Å²) in [6.07, 6.45) is 7.08. The quantitative estimate of drug-likeness (QED) is 0.273. The number of hydrogen-bond donors (Lipinski definition) is 0. The van der Waals surface area contributed by atoms with Crippen molar-refractivity contribution in [2.45, 2.75) is 5.41 Å². The Morgan fingerprint density at radius 3 is 2.22 bits per heavy atom. The Labute approximate surface area is 208 Å². The summed E-state index contributed by atoms with van der Waals surface area (Å²) in [5.41, 5.74) is 7.14. The summed E-state index contributed by atoms with van der Waals surface area (Å²) in [5.74, 6) is 1.09. The van der Waals surface area contributed by atoms with Crippen LogP contribution in [0.5, 0.6) is 11.7 Å². The second kappa shape index (κ2) is 8.10. The number of hydrogen-bond acceptors (Lipinski definition) is 4. The van der Waals surface area contributed by atoms with Gasteiger partial charge in [-0.1, -0.05) is 66.7 Å². The summed E-state index contributed by atoms with van der Waals surface area (Å²) in [4.78, 5) is 4.88. The molecular weight excluding hydrogens is 446 g/mol. The topological polar surface area (TPSA) is 53.1 Å². The van der Waals surface area contributed by atoms with Crippen LogP contribution >= 0.6 is 0 Å². The molecule has 0 spiro atoms. The average molecular weight is 468 g/mol. The molecule has 0 unspecified atom stereocenters. The van der Waals surface area contributed by atoms with Crippen molar-refractivity contribution in [2.75, 3.05) is 0 Å². The average Bonchev–Trinajstić information content (AvgIpc) is 3.68. The predicted octanol–water partition coefficient (Wildman–Crippen LogP) is 7.02. The lowest BCUT2D eigenvalue weighted by atomic mass is 9.70. The minimum atomic E-state index is -0.572. The maximum Gasteiger partial charge on any atom is 0.292 e. The standard InChI is InChI=1S/C31H21N3O2/c1-3-13-27-25(11-1)26-12-2-4-14-28(26)31(27,29-15-5-6-16-32-29)22-9-7-10-24(19-22)36-30-20-23(21-35-30)34-18-8-17-33-34/h1-21H. The molecule has 0 fully saturated rings. The first-order valence-corrected chi connectivity index (χ1v) is 11.8. The molecule has 0 N–H and O–H groups in total. The van der Waals surface area contributed by atoms with Crippen molar-refractivity contribution in [2.24, 2.45) is 0 Å². The second-order valence-electron chi connectivity index (χ2n) is 8.76. The number of fused-ring (bicyclic) bond motifs is 3. The van der Waals surface area contributed by atoms with Crippen molar-refractivity contribution in [3.8, 4) is 28.5 Å². The van der Waals surface area contributed by atoms with Crippen molar-refractivity contribution in [3.63, 3.8) is 0 Å². The third-order valence-corrected chi connectivity index (χ3v) is 6.82. The van der Waals surface area contributed by atoms with Gasteiger partial charge in [-0.2, -0.15) is 5.10 Å². The number of nitrogens with zero attached hydrogens (tertiary/aromatic N) is 3. The van der Waals surface area contributed by atoms with E-state index in [1.54, 1.807) is 17.1 Å². The van der Waals surface area contributed by atoms with Crippen LogP contribution in [0, 0.1) is 0 Å². The highest BCUT2D eigenvalue weighted by Crippen LogP contribution is 2.55. The van der Waals surface area contributed by atoms with Crippen molar-refractivity contribution in [3.05, 3.63) is 150 Å². The van der Waals surface area contributed by atoms with Gasteiger partial charge in [0.1, 0.15) is 17.7 Å². The van der Waals surface area contributed by atoms with E-state index in [0.29, 0.717) is 11.7 Å². The first kappa shape index (κ1) is 20.5. The SMILES string of the molecule is c1ccc(C2(c3cccc(Oc4cc(-n5cccn5)co4)c3)c3ccccc3-c3ccccc32)nc1. The van der Waals surface area contributed by atoms with E-state index in [1.807, 2.05) is 48.8 Å². The summed E-state index contributed by atoms with van der Waals surface area (Å²) in [6, 6.07) is 35.2. The number of pyridine rings is 1. The first-order chi connectivity index (χ1) is 17.8. The lowest BCUT2D eigenvalue weighted by Gasteiger charge is -2.32. The van der Waals surface area contributed by atoms with Gasteiger partial charge in [-0.3, -0.25) is 4.98 Å². The van der Waals surface area contributed by atoms with Crippen LogP contribution in [0.4, 0.5) is 0 Å². The Morgan fingerprint density at radius 2 is 1.50 bits per heavy atom. The third-order valence-electron chi connectivity index (χ3n) is 6.82. The maximum atomic E-state index is 6.19. The third kappa shape index (κ3) is 3.03. The fourth-order valence-corrected chi connectivity index (χ4v) is 5.37. The van der Waals surface area contributed by atoms with E-state index in [-0.39, 0.29) is 0 Å². The maximum absolute atomic E-state index is 6.19. The van der Waals surface area contributed by atoms with Crippen molar-refractivity contribution < 1.29 is 9.15 Å². The molecule has 0 saturated heterocycles. The Kier molecular flexibility index (Phi) is 4.61. The van der Waals surface area contributed by atoms with Gasteiger partial charge in [0.25, 0.3) is 5.95 Å². The molecule has 5 heteroatoms. The summed E-state index contributed by atoms with van der Waals surface area (Å²) in [5, 5.41) is 4.25. The van der Waals surface area contributed by atoms with Gasteiger partial charge in [0.05, 0.1) is 11.1 Å². The minimum absolute atomic E-state index is 0.400. The van der Waals surface area contributed by atoms with E-state index in [4.69, 9.17) is 14.1 Å². The highest BCUT2D eigenvalue weighted by Gasteiger charge is 2.47. The fourth-order valence-electron chi connectivity index (χ4n) is 5.37. The zero-order valence-corrected chi connectivity index (χ0v) is 19.3. The van der Waals surface area contributed by atoms with Gasteiger partial charge in [-0.25, -0.2) is 4.68 Å². The second-order valence-corrected chi connectivity index (χ2v) is 8.76. The van der Waals surface area contributed by atoms with E-state index in [9.17, 15) is 0 Å². The lowest BCUT2D eigenvalue weighted by Crippen LogP contribution is -2.29. The van der Waals surface area contributed by atoms with Crippen LogP contribution in [0.3, 0.4) is 0 Å². The number of aromatic nitrogens is 3. The van der Waals surface area contributed by atoms with Crippen LogP contribution in [0.1, 0.15) is 22.4 Å². The van der Waals surface area contributed by atoms with Crippen LogP contribution in [0.25, 0.3) is 16.8 Å². The largest absolute Gasteiger partial charge is 0.432 e. The molecule has 1 aliphatic carbocycles. The van der Waals surface area contributed by atoms with Gasteiger partial charge < -0.3 is 9.15 Å². The van der Waals surface area contributed by atoms with E-state index < -0.39 is 5.41 Å². The molecule has 36 heavy (non-hydrogen) atoms. The monoisotopic (exact) mass is 467 g/mol. The normalized spacial score (nSPS) is 13.2. The van der Waals surface area contributed by atoms with E-state index in [0.717, 1.165) is 16.9 Å². The lowest BCUT2D eigenvalue weighted by molar-refractivity contribution is 0.346. The number of furan rings is 1. The van der Waals surface area contributed by atoms with Crippen LogP contribution in [0.15, 0.2) is 132 Å². The van der Waals surface area contributed by atoms with Gasteiger partial charge in [-0.15, -0.1) is 0 Å². The molecule has 0 amide bonds. The number of ether oxygens (including phenoxy) is 1. The van der Waals surface area contributed by atoms with E-state index in [2.05, 4.69) is 71.8 Å². The highest BCUT2D eigenvalue weighted by atomic mass is 16.6. The molecule has 5 nitrogen and oxygen atoms in total. The molecule has 3 aromatic carbocycles. The van der Waals surface area contributed by atoms with Crippen molar-refractivity contribution in [1.82, 2.24) is 14.8 Å². The number of benzene rings is 3. The molecular formula is C31H21N3O2. The van der Waals surface area contributed by atoms with Gasteiger partial charge >= 0.3 is 0 Å². The molecule has 0 bridgehead atoms. The molecule has 0 aliphatic heterocycles. The molecule has 0 atom stereocenters. The van der Waals surface area contributed by atoms with Gasteiger partial charge in [0.2, 0.25) is 0 Å². The molecule has 172 valence electrons. The van der Waals surface area contributed by atoms with Crippen LogP contribution in [-0.2, 0) is 5.41 Å². The molecule has 3 heterocycles. The molecule has 0 radical (unpaired) electrons. The zero-order chi connectivity index (χ0) is 24.0. The minimum Gasteiger partial charge on any atom is -0.432 e. The summed E-state index contributed by atoms with van der Waals surface area (Å²) in [6.45, 7) is 0. The van der Waals surface area contributed by atoms with Gasteiger partial charge in [0.15, 0.2) is 0 Å². The zero-order valence-electron chi connectivity index (χ0n) is 19.3. The molecule has 6 aromatic rings. The predicted molar refractivity (Wildman–Crippen MR) is 137 cm³/mol. The Balaban J connectivity index is 1.39. The van der Waals surface area contributed by atoms with E-state index >= 15 is 0 Å². The summed E-state index contributed by atoms with van der Waals surface area (Å²) < 4.78 is 13.6. The summed E-state index contributed by atoms with van der Waals surface area (Å²) in [7, 11) is 0. The van der Waals surface area contributed by atoms with Crippen molar-refractivity contribution in [1.29, 1.82) is 0 Å². The van der Waals surface area contributed by atoms with Crippen LogP contribution < -0.4 is 4.74 Å². The van der Waals surface area contributed by atoms with E-state index in [1.165, 1.54) is 22.3 Å². The highest BCUT2D eigenvalue weighted by molar-refractivity contribution is 5.85. The number of rotatable bonds is 5. The van der Waals surface area contributed by atoms with Gasteiger partial charge in [0, 0.05) is 24.7 Å². The molecule has 7 rings (SSSR count). The van der Waals surface area contributed by atoms with Crippen molar-refractivity contribution >= 4 is 0 Å². The van der Waals surface area contributed by atoms with Crippen LogP contribution in [0.2, 0.25) is 0 Å². The molecule has 0 saturated carbocycles. The van der Waals surface area contributed by atoms with Gasteiger partial charge in [-0.05, 0) is 58.1 Å².